The molecule has 0 unspecified atom stereocenters. The number of carbonyl (C=O) groups is 1. The summed E-state index contributed by atoms with van der Waals surface area (Å²) in [5.41, 5.74) is 0.508. The van der Waals surface area contributed by atoms with Gasteiger partial charge in [-0.05, 0) is 29.8 Å². The van der Waals surface area contributed by atoms with E-state index < -0.39 is 23.6 Å². The van der Waals surface area contributed by atoms with Gasteiger partial charge in [0.05, 0.1) is 11.6 Å². The molecule has 0 aliphatic carbocycles. The molecule has 7 heteroatoms. The SMILES string of the molecule is N#C[C@H](c1ccc(F)cc1)N1CCN(C(=O)c2ccc(F)cc2F)CC1. The van der Waals surface area contributed by atoms with Crippen molar-refractivity contribution in [1.29, 1.82) is 5.26 Å². The molecule has 1 atom stereocenters. The number of carbonyl (C=O) groups excluding carboxylic acids is 1. The van der Waals surface area contributed by atoms with E-state index in [1.807, 2.05) is 4.90 Å². The second-order valence-corrected chi connectivity index (χ2v) is 6.04. The molecule has 0 saturated carbocycles. The summed E-state index contributed by atoms with van der Waals surface area (Å²) in [4.78, 5) is 15.8. The van der Waals surface area contributed by atoms with Gasteiger partial charge in [0.25, 0.3) is 5.91 Å². The number of amides is 1. The predicted octanol–water partition coefficient (Wildman–Crippen LogP) is 3.13. The van der Waals surface area contributed by atoms with Crippen LogP contribution in [-0.4, -0.2) is 41.9 Å². The Morgan fingerprint density at radius 1 is 0.962 bits per heavy atom. The molecule has 1 aliphatic rings. The lowest BCUT2D eigenvalue weighted by Gasteiger charge is -2.37. The number of halogens is 3. The van der Waals surface area contributed by atoms with Crippen LogP contribution < -0.4 is 0 Å². The number of piperazine rings is 1. The summed E-state index contributed by atoms with van der Waals surface area (Å²) < 4.78 is 39.9. The number of nitriles is 1. The summed E-state index contributed by atoms with van der Waals surface area (Å²) >= 11 is 0. The maximum absolute atomic E-state index is 13.8. The van der Waals surface area contributed by atoms with Crippen molar-refractivity contribution in [3.63, 3.8) is 0 Å². The standard InChI is InChI=1S/C19H16F3N3O/c20-14-3-1-13(2-4-14)18(12-23)24-7-9-25(10-8-24)19(26)16-6-5-15(21)11-17(16)22/h1-6,11,18H,7-10H2/t18-/m1/s1. The Bertz CT molecular complexity index is 840. The predicted molar refractivity (Wildman–Crippen MR) is 88.6 cm³/mol. The molecular weight excluding hydrogens is 343 g/mol. The van der Waals surface area contributed by atoms with Crippen LogP contribution in [0.4, 0.5) is 13.2 Å². The molecule has 1 fully saturated rings. The molecule has 0 bridgehead atoms. The summed E-state index contributed by atoms with van der Waals surface area (Å²) in [7, 11) is 0. The van der Waals surface area contributed by atoms with Gasteiger partial charge in [-0.2, -0.15) is 5.26 Å². The Labute approximate surface area is 149 Å². The zero-order chi connectivity index (χ0) is 18.7. The molecule has 3 rings (SSSR count). The van der Waals surface area contributed by atoms with E-state index in [1.165, 1.54) is 17.0 Å². The van der Waals surface area contributed by atoms with Gasteiger partial charge in [0.1, 0.15) is 23.5 Å². The minimum absolute atomic E-state index is 0.171. The number of hydrogen-bond donors (Lipinski definition) is 0. The molecule has 0 aromatic heterocycles. The average molecular weight is 359 g/mol. The molecule has 26 heavy (non-hydrogen) atoms. The van der Waals surface area contributed by atoms with Crippen molar-refractivity contribution >= 4 is 5.91 Å². The summed E-state index contributed by atoms with van der Waals surface area (Å²) in [6.45, 7) is 1.47. The normalized spacial score (nSPS) is 16.2. The van der Waals surface area contributed by atoms with Gasteiger partial charge in [-0.15, -0.1) is 0 Å². The smallest absolute Gasteiger partial charge is 0.256 e. The van der Waals surface area contributed by atoms with E-state index in [9.17, 15) is 23.2 Å². The average Bonchev–Trinajstić information content (AvgIpc) is 2.64. The fourth-order valence-corrected chi connectivity index (χ4v) is 3.03. The fourth-order valence-electron chi connectivity index (χ4n) is 3.03. The van der Waals surface area contributed by atoms with E-state index >= 15 is 0 Å². The second kappa shape index (κ2) is 7.58. The van der Waals surface area contributed by atoms with Gasteiger partial charge < -0.3 is 4.90 Å². The molecule has 0 N–H and O–H groups in total. The van der Waals surface area contributed by atoms with Crippen molar-refractivity contribution in [2.24, 2.45) is 0 Å². The van der Waals surface area contributed by atoms with Crippen molar-refractivity contribution in [2.45, 2.75) is 6.04 Å². The molecule has 1 heterocycles. The van der Waals surface area contributed by atoms with Crippen LogP contribution in [0, 0.1) is 28.8 Å². The molecule has 0 spiro atoms. The largest absolute Gasteiger partial charge is 0.336 e. The lowest BCUT2D eigenvalue weighted by Crippen LogP contribution is -2.49. The van der Waals surface area contributed by atoms with Gasteiger partial charge in [-0.1, -0.05) is 12.1 Å². The van der Waals surface area contributed by atoms with E-state index in [1.54, 1.807) is 12.1 Å². The Morgan fingerprint density at radius 2 is 1.58 bits per heavy atom. The molecule has 2 aromatic rings. The Balaban J connectivity index is 1.67. The number of rotatable bonds is 3. The molecular formula is C19H16F3N3O. The minimum atomic E-state index is -0.890. The van der Waals surface area contributed by atoms with Crippen LogP contribution in [0.15, 0.2) is 42.5 Å². The van der Waals surface area contributed by atoms with Crippen LogP contribution in [0.3, 0.4) is 0 Å². The highest BCUT2D eigenvalue weighted by molar-refractivity contribution is 5.94. The first kappa shape index (κ1) is 18.0. The third kappa shape index (κ3) is 3.70. The van der Waals surface area contributed by atoms with Crippen molar-refractivity contribution in [1.82, 2.24) is 9.80 Å². The summed E-state index contributed by atoms with van der Waals surface area (Å²) in [5.74, 6) is -2.50. The first-order chi connectivity index (χ1) is 12.5. The highest BCUT2D eigenvalue weighted by Gasteiger charge is 2.28. The first-order valence-electron chi connectivity index (χ1n) is 8.13. The van der Waals surface area contributed by atoms with Crippen LogP contribution in [0.1, 0.15) is 22.0 Å². The van der Waals surface area contributed by atoms with E-state index in [2.05, 4.69) is 6.07 Å². The fraction of sp³-hybridized carbons (Fsp3) is 0.263. The summed E-state index contributed by atoms with van der Waals surface area (Å²) in [6.07, 6.45) is 0. The minimum Gasteiger partial charge on any atom is -0.336 e. The monoisotopic (exact) mass is 359 g/mol. The van der Waals surface area contributed by atoms with E-state index in [4.69, 9.17) is 0 Å². The molecule has 2 aromatic carbocycles. The molecule has 0 radical (unpaired) electrons. The van der Waals surface area contributed by atoms with Gasteiger partial charge in [0.2, 0.25) is 0 Å². The highest BCUT2D eigenvalue weighted by Crippen LogP contribution is 2.23. The summed E-state index contributed by atoms with van der Waals surface area (Å²) in [6, 6.07) is 10.3. The number of hydrogen-bond acceptors (Lipinski definition) is 3. The van der Waals surface area contributed by atoms with Crippen molar-refractivity contribution in [3.05, 3.63) is 71.0 Å². The van der Waals surface area contributed by atoms with Crippen LogP contribution in [0.2, 0.25) is 0 Å². The quantitative estimate of drug-likeness (QED) is 0.846. The maximum Gasteiger partial charge on any atom is 0.256 e. The van der Waals surface area contributed by atoms with Gasteiger partial charge in [0, 0.05) is 32.2 Å². The molecule has 4 nitrogen and oxygen atoms in total. The Kier molecular flexibility index (Phi) is 5.24. The zero-order valence-electron chi connectivity index (χ0n) is 13.8. The second-order valence-electron chi connectivity index (χ2n) is 6.04. The summed E-state index contributed by atoms with van der Waals surface area (Å²) in [5, 5.41) is 9.47. The number of nitrogens with zero attached hydrogens (tertiary/aromatic N) is 3. The molecule has 1 amide bonds. The van der Waals surface area contributed by atoms with E-state index in [0.29, 0.717) is 37.8 Å². The Hall–Kier alpha value is -2.85. The van der Waals surface area contributed by atoms with Gasteiger partial charge in [0.15, 0.2) is 0 Å². The van der Waals surface area contributed by atoms with Gasteiger partial charge >= 0.3 is 0 Å². The van der Waals surface area contributed by atoms with Crippen molar-refractivity contribution < 1.29 is 18.0 Å². The molecule has 1 aliphatic heterocycles. The van der Waals surface area contributed by atoms with E-state index in [-0.39, 0.29) is 11.4 Å². The van der Waals surface area contributed by atoms with Crippen molar-refractivity contribution in [2.75, 3.05) is 26.2 Å². The maximum atomic E-state index is 13.8. The Morgan fingerprint density at radius 3 is 2.15 bits per heavy atom. The van der Waals surface area contributed by atoms with Gasteiger partial charge in [-0.3, -0.25) is 9.69 Å². The van der Waals surface area contributed by atoms with Crippen LogP contribution in [0.5, 0.6) is 0 Å². The lowest BCUT2D eigenvalue weighted by molar-refractivity contribution is 0.0602. The lowest BCUT2D eigenvalue weighted by atomic mass is 10.1. The first-order valence-corrected chi connectivity index (χ1v) is 8.13. The zero-order valence-corrected chi connectivity index (χ0v) is 13.8. The third-order valence-corrected chi connectivity index (χ3v) is 4.44. The number of benzene rings is 2. The van der Waals surface area contributed by atoms with E-state index in [0.717, 1.165) is 12.1 Å². The van der Waals surface area contributed by atoms with Crippen LogP contribution in [0.25, 0.3) is 0 Å². The van der Waals surface area contributed by atoms with Crippen molar-refractivity contribution in [3.8, 4) is 6.07 Å². The molecule has 1 saturated heterocycles. The molecule has 134 valence electrons. The van der Waals surface area contributed by atoms with Crippen LogP contribution in [-0.2, 0) is 0 Å². The highest BCUT2D eigenvalue weighted by atomic mass is 19.1. The third-order valence-electron chi connectivity index (χ3n) is 4.44. The topological polar surface area (TPSA) is 47.3 Å². The van der Waals surface area contributed by atoms with Crippen LogP contribution >= 0.6 is 0 Å². The van der Waals surface area contributed by atoms with Gasteiger partial charge in [-0.25, -0.2) is 13.2 Å².